The van der Waals surface area contributed by atoms with Crippen LogP contribution < -0.4 is 5.32 Å². The Hall–Kier alpha value is -4.27. The Morgan fingerprint density at radius 1 is 0.946 bits per heavy atom. The lowest BCUT2D eigenvalue weighted by molar-refractivity contribution is 0.102. The van der Waals surface area contributed by atoms with Gasteiger partial charge in [-0.15, -0.1) is 0 Å². The molecule has 3 aromatic carbocycles. The van der Waals surface area contributed by atoms with Crippen LogP contribution in [0.1, 0.15) is 15.9 Å². The number of H-pyrrole nitrogens is 1. The highest BCUT2D eigenvalue weighted by Crippen LogP contribution is 2.30. The maximum absolute atomic E-state index is 13.0. The van der Waals surface area contributed by atoms with E-state index in [1.54, 1.807) is 18.2 Å². The van der Waals surface area contributed by atoms with Crippen LogP contribution in [0.5, 0.6) is 5.88 Å². The molecule has 0 saturated carbocycles. The highest BCUT2D eigenvalue weighted by Gasteiger charge is 2.16. The van der Waals surface area contributed by atoms with E-state index in [4.69, 9.17) is 0 Å². The molecule has 5 aromatic rings. The Kier molecular flexibility index (Phi) is 6.04. The molecule has 1 fully saturated rings. The third-order valence-corrected chi connectivity index (χ3v) is 6.92. The van der Waals surface area contributed by atoms with Gasteiger partial charge in [-0.3, -0.25) is 9.69 Å². The molecule has 6 rings (SSSR count). The summed E-state index contributed by atoms with van der Waals surface area (Å²) in [7, 11) is 2.16. The summed E-state index contributed by atoms with van der Waals surface area (Å²) in [6.45, 7) is 5.25. The lowest BCUT2D eigenvalue weighted by atomic mass is 10.1. The molecule has 1 aliphatic rings. The molecule has 0 aliphatic carbocycles. The summed E-state index contributed by atoms with van der Waals surface area (Å²) in [5.74, 6) is 0.214. The Bertz CT molecular complexity index is 1590. The number of hydrogen-bond acceptors (Lipinski definition) is 6. The molecule has 8 nitrogen and oxygen atoms in total. The highest BCUT2D eigenvalue weighted by molar-refractivity contribution is 6.06. The average Bonchev–Trinajstić information content (AvgIpc) is 3.34. The van der Waals surface area contributed by atoms with E-state index in [0.29, 0.717) is 33.5 Å². The van der Waals surface area contributed by atoms with Crippen molar-refractivity contribution in [2.24, 2.45) is 0 Å². The third-order valence-electron chi connectivity index (χ3n) is 6.92. The Morgan fingerprint density at radius 2 is 1.73 bits per heavy atom. The highest BCUT2D eigenvalue weighted by atomic mass is 16.3. The van der Waals surface area contributed by atoms with E-state index in [1.165, 1.54) is 5.56 Å². The fourth-order valence-electron chi connectivity index (χ4n) is 4.72. The summed E-state index contributed by atoms with van der Waals surface area (Å²) in [5, 5.41) is 14.4. The topological polar surface area (TPSA) is 97.4 Å². The number of rotatable bonds is 5. The number of likely N-dealkylation sites (N-methyl/N-ethyl adjacent to an activating group) is 1. The van der Waals surface area contributed by atoms with Gasteiger partial charge in [0.15, 0.2) is 0 Å². The number of aromatic hydroxyl groups is 1. The van der Waals surface area contributed by atoms with E-state index >= 15 is 0 Å². The first-order valence-electron chi connectivity index (χ1n) is 12.4. The summed E-state index contributed by atoms with van der Waals surface area (Å²) in [5.41, 5.74) is 5.14. The van der Waals surface area contributed by atoms with Gasteiger partial charge in [0, 0.05) is 49.4 Å². The number of nitrogens with zero attached hydrogens (tertiary/aromatic N) is 4. The van der Waals surface area contributed by atoms with Gasteiger partial charge >= 0.3 is 0 Å². The maximum Gasteiger partial charge on any atom is 0.255 e. The quantitative estimate of drug-likeness (QED) is 0.335. The minimum absolute atomic E-state index is 0.0909. The van der Waals surface area contributed by atoms with Crippen molar-refractivity contribution in [1.82, 2.24) is 24.8 Å². The molecular weight excluding hydrogens is 464 g/mol. The molecule has 3 N–H and O–H groups in total. The van der Waals surface area contributed by atoms with Gasteiger partial charge in [-0.05, 0) is 55.1 Å². The molecule has 0 radical (unpaired) electrons. The second-order valence-electron chi connectivity index (χ2n) is 9.60. The zero-order chi connectivity index (χ0) is 25.4. The first kappa shape index (κ1) is 23.1. The molecule has 3 heterocycles. The minimum Gasteiger partial charge on any atom is -0.493 e. The van der Waals surface area contributed by atoms with Crippen molar-refractivity contribution in [3.63, 3.8) is 0 Å². The summed E-state index contributed by atoms with van der Waals surface area (Å²) in [6, 6.07) is 22.8. The van der Waals surface area contributed by atoms with E-state index in [-0.39, 0.29) is 11.8 Å². The number of anilines is 1. The molecule has 0 unspecified atom stereocenters. The molecule has 186 valence electrons. The number of para-hydroxylation sites is 1. The zero-order valence-corrected chi connectivity index (χ0v) is 20.6. The van der Waals surface area contributed by atoms with E-state index in [2.05, 4.69) is 49.2 Å². The second kappa shape index (κ2) is 9.65. The molecule has 8 heteroatoms. The molecule has 0 bridgehead atoms. The maximum atomic E-state index is 13.0. The predicted molar refractivity (Wildman–Crippen MR) is 146 cm³/mol. The van der Waals surface area contributed by atoms with E-state index in [0.717, 1.165) is 43.8 Å². The summed E-state index contributed by atoms with van der Waals surface area (Å²) >= 11 is 0. The number of aromatic nitrogens is 3. The van der Waals surface area contributed by atoms with Crippen LogP contribution in [0.15, 0.2) is 72.8 Å². The predicted octanol–water partition coefficient (Wildman–Crippen LogP) is 4.48. The number of hydrogen-bond donors (Lipinski definition) is 3. The summed E-state index contributed by atoms with van der Waals surface area (Å²) in [6.07, 6.45) is 0. The lowest BCUT2D eigenvalue weighted by Gasteiger charge is -2.32. The van der Waals surface area contributed by atoms with Gasteiger partial charge in [-0.1, -0.05) is 30.3 Å². The Balaban J connectivity index is 1.17. The lowest BCUT2D eigenvalue weighted by Crippen LogP contribution is -2.43. The van der Waals surface area contributed by atoms with Gasteiger partial charge in [0.1, 0.15) is 5.82 Å². The van der Waals surface area contributed by atoms with E-state index in [1.807, 2.05) is 42.5 Å². The Morgan fingerprint density at radius 3 is 2.54 bits per heavy atom. The van der Waals surface area contributed by atoms with Gasteiger partial charge in [0.25, 0.3) is 5.91 Å². The zero-order valence-electron chi connectivity index (χ0n) is 20.6. The fraction of sp³-hybridized carbons (Fsp3) is 0.207. The fourth-order valence-corrected chi connectivity index (χ4v) is 4.72. The van der Waals surface area contributed by atoms with Crippen LogP contribution in [0.2, 0.25) is 0 Å². The van der Waals surface area contributed by atoms with Crippen molar-refractivity contribution in [2.45, 2.75) is 6.54 Å². The average molecular weight is 493 g/mol. The standard InChI is InChI=1S/C29H28N6O2/c1-34-12-14-35(15-13-34)18-19-6-9-22(10-7-19)30-28(36)21-8-11-25-26(17-21)32-27(31-25)23-16-20-4-2-3-5-24(20)33-29(23)37/h2-11,16-17H,12-15,18H2,1H3,(H,30,36)(H,31,32)(H,33,37). The number of imidazole rings is 1. The first-order chi connectivity index (χ1) is 18.0. The number of piperazine rings is 1. The molecule has 37 heavy (non-hydrogen) atoms. The van der Waals surface area contributed by atoms with Crippen molar-refractivity contribution in [3.05, 3.63) is 83.9 Å². The molecule has 1 amide bonds. The van der Waals surface area contributed by atoms with Crippen LogP contribution in [-0.4, -0.2) is 69.0 Å². The van der Waals surface area contributed by atoms with E-state index < -0.39 is 0 Å². The van der Waals surface area contributed by atoms with Gasteiger partial charge in [-0.2, -0.15) is 0 Å². The Labute approximate surface area is 214 Å². The molecular formula is C29H28N6O2. The van der Waals surface area contributed by atoms with Crippen LogP contribution in [0.25, 0.3) is 33.3 Å². The van der Waals surface area contributed by atoms with Crippen molar-refractivity contribution in [2.75, 3.05) is 38.5 Å². The monoisotopic (exact) mass is 492 g/mol. The molecule has 1 saturated heterocycles. The van der Waals surface area contributed by atoms with Gasteiger partial charge in [0.2, 0.25) is 5.88 Å². The molecule has 0 atom stereocenters. The number of carbonyl (C=O) groups excluding carboxylic acids is 1. The van der Waals surface area contributed by atoms with Gasteiger partial charge in [0.05, 0.1) is 22.1 Å². The molecule has 0 spiro atoms. The second-order valence-corrected chi connectivity index (χ2v) is 9.60. The number of amides is 1. The largest absolute Gasteiger partial charge is 0.493 e. The number of aromatic amines is 1. The normalized spacial score (nSPS) is 14.8. The molecule has 2 aromatic heterocycles. The van der Waals surface area contributed by atoms with Gasteiger partial charge in [-0.25, -0.2) is 9.97 Å². The van der Waals surface area contributed by atoms with Crippen molar-refractivity contribution < 1.29 is 9.90 Å². The van der Waals surface area contributed by atoms with Crippen LogP contribution in [0, 0.1) is 0 Å². The summed E-state index contributed by atoms with van der Waals surface area (Å²) < 4.78 is 0. The van der Waals surface area contributed by atoms with Crippen LogP contribution >= 0.6 is 0 Å². The number of nitrogens with one attached hydrogen (secondary N) is 2. The smallest absolute Gasteiger partial charge is 0.255 e. The van der Waals surface area contributed by atoms with Gasteiger partial charge < -0.3 is 20.3 Å². The third kappa shape index (κ3) is 4.89. The molecule has 1 aliphatic heterocycles. The van der Waals surface area contributed by atoms with E-state index in [9.17, 15) is 9.90 Å². The number of carbonyl (C=O) groups is 1. The number of benzene rings is 3. The van der Waals surface area contributed by atoms with Crippen molar-refractivity contribution in [3.8, 4) is 17.3 Å². The van der Waals surface area contributed by atoms with Crippen LogP contribution in [-0.2, 0) is 6.54 Å². The number of fused-ring (bicyclic) bond motifs is 2. The summed E-state index contributed by atoms with van der Waals surface area (Å²) in [4.78, 5) is 29.9. The van der Waals surface area contributed by atoms with Crippen molar-refractivity contribution >= 4 is 33.5 Å². The minimum atomic E-state index is -0.194. The van der Waals surface area contributed by atoms with Crippen LogP contribution in [0.4, 0.5) is 5.69 Å². The number of pyridine rings is 1. The SMILES string of the molecule is CN1CCN(Cc2ccc(NC(=O)c3ccc4nc(-c5cc6ccccc6nc5O)[nH]c4c3)cc2)CC1. The van der Waals surface area contributed by atoms with Crippen LogP contribution in [0.3, 0.4) is 0 Å². The van der Waals surface area contributed by atoms with Crippen molar-refractivity contribution in [1.29, 1.82) is 0 Å². The first-order valence-corrected chi connectivity index (χ1v) is 12.4.